The maximum absolute atomic E-state index is 12.9. The molecular weight excluding hydrogens is 358 g/mol. The lowest BCUT2D eigenvalue weighted by Gasteiger charge is -2.34. The first kappa shape index (κ1) is 20.2. The Balaban J connectivity index is 1.63. The summed E-state index contributed by atoms with van der Waals surface area (Å²) in [5.74, 6) is -0.0993. The van der Waals surface area contributed by atoms with Gasteiger partial charge in [-0.3, -0.25) is 9.59 Å². The quantitative estimate of drug-likeness (QED) is 0.799. The highest BCUT2D eigenvalue weighted by molar-refractivity contribution is 5.99. The number of ether oxygens (including phenoxy) is 1. The zero-order valence-corrected chi connectivity index (χ0v) is 16.6. The van der Waals surface area contributed by atoms with Gasteiger partial charge in [-0.1, -0.05) is 18.9 Å². The number of benzene rings is 1. The van der Waals surface area contributed by atoms with Crippen molar-refractivity contribution in [2.45, 2.75) is 32.6 Å². The van der Waals surface area contributed by atoms with Crippen LogP contribution in [0.2, 0.25) is 0 Å². The van der Waals surface area contributed by atoms with Gasteiger partial charge in [0, 0.05) is 50.4 Å². The second kappa shape index (κ2) is 9.57. The molecule has 1 aromatic carbocycles. The van der Waals surface area contributed by atoms with Gasteiger partial charge in [0.1, 0.15) is 0 Å². The molecule has 28 heavy (non-hydrogen) atoms. The van der Waals surface area contributed by atoms with Crippen molar-refractivity contribution < 1.29 is 19.1 Å². The van der Waals surface area contributed by atoms with Crippen molar-refractivity contribution >= 4 is 17.9 Å². The largest absolute Gasteiger partial charge is 0.450 e. The van der Waals surface area contributed by atoms with E-state index in [4.69, 9.17) is 4.74 Å². The van der Waals surface area contributed by atoms with Gasteiger partial charge in [-0.05, 0) is 38.0 Å². The summed E-state index contributed by atoms with van der Waals surface area (Å²) < 4.78 is 5.01. The molecule has 0 bridgehead atoms. The molecule has 7 nitrogen and oxygen atoms in total. The molecule has 2 saturated heterocycles. The van der Waals surface area contributed by atoms with E-state index in [9.17, 15) is 14.4 Å². The maximum Gasteiger partial charge on any atom is 0.409 e. The Morgan fingerprint density at radius 1 is 0.786 bits per heavy atom. The highest BCUT2D eigenvalue weighted by Crippen LogP contribution is 2.16. The normalized spacial score (nSPS) is 17.8. The molecule has 0 radical (unpaired) electrons. The van der Waals surface area contributed by atoms with Gasteiger partial charge in [-0.25, -0.2) is 4.79 Å². The maximum atomic E-state index is 12.9. The van der Waals surface area contributed by atoms with Crippen LogP contribution >= 0.6 is 0 Å². The van der Waals surface area contributed by atoms with E-state index in [0.717, 1.165) is 25.9 Å². The molecule has 152 valence electrons. The fourth-order valence-corrected chi connectivity index (χ4v) is 3.73. The van der Waals surface area contributed by atoms with E-state index in [1.54, 1.807) is 41.0 Å². The molecule has 0 N–H and O–H groups in total. The first-order valence-electron chi connectivity index (χ1n) is 10.2. The molecule has 0 spiro atoms. The number of hydrogen-bond donors (Lipinski definition) is 0. The summed E-state index contributed by atoms with van der Waals surface area (Å²) in [5, 5.41) is 0. The Bertz CT molecular complexity index is 705. The zero-order chi connectivity index (χ0) is 19.9. The number of amides is 3. The molecule has 3 amide bonds. The second-order valence-electron chi connectivity index (χ2n) is 7.27. The molecule has 0 aliphatic carbocycles. The average molecular weight is 387 g/mol. The smallest absolute Gasteiger partial charge is 0.409 e. The highest BCUT2D eigenvalue weighted by atomic mass is 16.6. The van der Waals surface area contributed by atoms with E-state index in [0.29, 0.717) is 43.9 Å². The molecule has 3 rings (SSSR count). The van der Waals surface area contributed by atoms with E-state index in [2.05, 4.69) is 0 Å². The van der Waals surface area contributed by atoms with Gasteiger partial charge in [0.2, 0.25) is 0 Å². The fraction of sp³-hybridized carbons (Fsp3) is 0.571. The molecule has 0 saturated carbocycles. The van der Waals surface area contributed by atoms with Crippen molar-refractivity contribution in [1.82, 2.24) is 14.7 Å². The van der Waals surface area contributed by atoms with Crippen LogP contribution in [0.15, 0.2) is 24.3 Å². The minimum atomic E-state index is -0.334. The number of hydrogen-bond acceptors (Lipinski definition) is 4. The first-order chi connectivity index (χ1) is 13.6. The first-order valence-corrected chi connectivity index (χ1v) is 10.2. The summed E-state index contributed by atoms with van der Waals surface area (Å²) in [7, 11) is 0. The predicted octanol–water partition coefficient (Wildman–Crippen LogP) is 2.62. The molecule has 1 aromatic rings. The van der Waals surface area contributed by atoms with Gasteiger partial charge in [0.05, 0.1) is 6.61 Å². The SMILES string of the molecule is CCOC(=O)N1CCN(C(=O)c2cccc(C(=O)N3CCCCCC3)c2)CC1. The second-order valence-corrected chi connectivity index (χ2v) is 7.27. The number of carbonyl (C=O) groups excluding carboxylic acids is 3. The third kappa shape index (κ3) is 4.82. The van der Waals surface area contributed by atoms with Crippen LogP contribution in [0, 0.1) is 0 Å². The minimum absolute atomic E-state index is 0.00341. The van der Waals surface area contributed by atoms with E-state index < -0.39 is 0 Å². The molecule has 0 unspecified atom stereocenters. The highest BCUT2D eigenvalue weighted by Gasteiger charge is 2.26. The van der Waals surface area contributed by atoms with E-state index in [-0.39, 0.29) is 17.9 Å². The van der Waals surface area contributed by atoms with Crippen LogP contribution in [0.25, 0.3) is 0 Å². The minimum Gasteiger partial charge on any atom is -0.450 e. The molecule has 2 aliphatic rings. The van der Waals surface area contributed by atoms with Crippen LogP contribution in [0.3, 0.4) is 0 Å². The summed E-state index contributed by atoms with van der Waals surface area (Å²) in [6, 6.07) is 7.00. The fourth-order valence-electron chi connectivity index (χ4n) is 3.73. The third-order valence-corrected chi connectivity index (χ3v) is 5.34. The third-order valence-electron chi connectivity index (χ3n) is 5.34. The topological polar surface area (TPSA) is 70.2 Å². The van der Waals surface area contributed by atoms with Crippen molar-refractivity contribution in [3.05, 3.63) is 35.4 Å². The summed E-state index contributed by atoms with van der Waals surface area (Å²) in [6.07, 6.45) is 4.07. The lowest BCUT2D eigenvalue weighted by atomic mass is 10.1. The van der Waals surface area contributed by atoms with Gasteiger partial charge >= 0.3 is 6.09 Å². The Labute approximate surface area is 166 Å². The summed E-state index contributed by atoms with van der Waals surface area (Å²) in [6.45, 7) is 5.52. The number of rotatable bonds is 3. The van der Waals surface area contributed by atoms with Crippen molar-refractivity contribution in [3.8, 4) is 0 Å². The van der Waals surface area contributed by atoms with Crippen molar-refractivity contribution in [3.63, 3.8) is 0 Å². The molecule has 2 heterocycles. The molecule has 2 fully saturated rings. The molecule has 7 heteroatoms. The Morgan fingerprint density at radius 2 is 1.29 bits per heavy atom. The molecular formula is C21H29N3O4. The monoisotopic (exact) mass is 387 g/mol. The summed E-state index contributed by atoms with van der Waals surface area (Å²) in [4.78, 5) is 42.7. The lowest BCUT2D eigenvalue weighted by Crippen LogP contribution is -2.50. The Morgan fingerprint density at radius 3 is 1.82 bits per heavy atom. The van der Waals surface area contributed by atoms with E-state index >= 15 is 0 Å². The molecule has 2 aliphatic heterocycles. The Kier molecular flexibility index (Phi) is 6.90. The van der Waals surface area contributed by atoms with Crippen LogP contribution < -0.4 is 0 Å². The van der Waals surface area contributed by atoms with Gasteiger partial charge in [-0.15, -0.1) is 0 Å². The van der Waals surface area contributed by atoms with Crippen LogP contribution in [0.4, 0.5) is 4.79 Å². The number of nitrogens with zero attached hydrogens (tertiary/aromatic N) is 3. The average Bonchev–Trinajstić information content (AvgIpc) is 3.02. The molecule has 0 aromatic heterocycles. The predicted molar refractivity (Wildman–Crippen MR) is 105 cm³/mol. The van der Waals surface area contributed by atoms with Crippen LogP contribution in [-0.4, -0.2) is 78.5 Å². The number of carbonyl (C=O) groups is 3. The van der Waals surface area contributed by atoms with Crippen LogP contribution in [0.1, 0.15) is 53.3 Å². The van der Waals surface area contributed by atoms with Crippen molar-refractivity contribution in [2.24, 2.45) is 0 Å². The van der Waals surface area contributed by atoms with E-state index in [1.807, 2.05) is 4.90 Å². The zero-order valence-electron chi connectivity index (χ0n) is 16.6. The van der Waals surface area contributed by atoms with Gasteiger partial charge in [-0.2, -0.15) is 0 Å². The van der Waals surface area contributed by atoms with Crippen molar-refractivity contribution in [2.75, 3.05) is 45.9 Å². The molecule has 0 atom stereocenters. The van der Waals surface area contributed by atoms with E-state index in [1.165, 1.54) is 12.8 Å². The summed E-state index contributed by atoms with van der Waals surface area (Å²) >= 11 is 0. The Hall–Kier alpha value is -2.57. The number of likely N-dealkylation sites (tertiary alicyclic amines) is 1. The van der Waals surface area contributed by atoms with Crippen LogP contribution in [-0.2, 0) is 4.74 Å². The summed E-state index contributed by atoms with van der Waals surface area (Å²) in [5.41, 5.74) is 1.09. The lowest BCUT2D eigenvalue weighted by molar-refractivity contribution is 0.0570. The standard InChI is InChI=1S/C21H29N3O4/c1-2-28-21(27)24-14-12-23(13-15-24)20(26)18-9-7-8-17(16-18)19(25)22-10-5-3-4-6-11-22/h7-9,16H,2-6,10-15H2,1H3. The van der Waals surface area contributed by atoms with Gasteiger partial charge < -0.3 is 19.4 Å². The number of piperazine rings is 1. The van der Waals surface area contributed by atoms with Crippen LogP contribution in [0.5, 0.6) is 0 Å². The van der Waals surface area contributed by atoms with Crippen molar-refractivity contribution in [1.29, 1.82) is 0 Å². The van der Waals surface area contributed by atoms with Gasteiger partial charge in [0.15, 0.2) is 0 Å². The van der Waals surface area contributed by atoms with Gasteiger partial charge in [0.25, 0.3) is 11.8 Å².